The Balaban J connectivity index is -0.0000000412. The van der Waals surface area contributed by atoms with Gasteiger partial charge in [0.1, 0.15) is 0 Å². The van der Waals surface area contributed by atoms with E-state index >= 15 is 0 Å². The van der Waals surface area contributed by atoms with Crippen LogP contribution in [-0.4, -0.2) is 5.78 Å². The lowest BCUT2D eigenvalue weighted by atomic mass is 10.4. The molecule has 0 N–H and O–H groups in total. The van der Waals surface area contributed by atoms with Gasteiger partial charge in [0.15, 0.2) is 5.78 Å². The molecular formula is C9H22O. The third kappa shape index (κ3) is 52.4. The normalized spacial score (nSPS) is 6.40. The van der Waals surface area contributed by atoms with Gasteiger partial charge in [0, 0.05) is 0 Å². The fourth-order valence-electron chi connectivity index (χ4n) is 0.235. The molecule has 1 heteroatoms. The van der Waals surface area contributed by atoms with Gasteiger partial charge in [-0.15, -0.1) is 0 Å². The van der Waals surface area contributed by atoms with Gasteiger partial charge in [-0.05, 0) is 19.9 Å². The van der Waals surface area contributed by atoms with Crippen LogP contribution in [0.4, 0.5) is 0 Å². The average Bonchev–Trinajstić information content (AvgIpc) is 1.72. The van der Waals surface area contributed by atoms with Crippen LogP contribution in [0, 0.1) is 0 Å². The summed E-state index contributed by atoms with van der Waals surface area (Å²) >= 11 is 0. The minimum Gasteiger partial charge on any atom is -0.295 e. The van der Waals surface area contributed by atoms with Crippen molar-refractivity contribution in [1.29, 1.82) is 0 Å². The maximum absolute atomic E-state index is 9.96. The molecule has 0 saturated heterocycles. The molecule has 64 valence electrons. The lowest BCUT2D eigenvalue weighted by Gasteiger charge is -1.68. The molecule has 0 fully saturated rings. The summed E-state index contributed by atoms with van der Waals surface area (Å²) in [6.45, 7) is 7.35. The highest BCUT2D eigenvalue weighted by Gasteiger charge is 1.73. The Kier molecular flexibility index (Phi) is 54.0. The maximum atomic E-state index is 9.96. The van der Waals surface area contributed by atoms with Crippen LogP contribution in [0.3, 0.4) is 0 Å². The molecule has 0 atom stereocenters. The molecule has 0 aliphatic carbocycles. The van der Waals surface area contributed by atoms with Gasteiger partial charge in [0.25, 0.3) is 0 Å². The second kappa shape index (κ2) is 23.7. The molecule has 0 spiro atoms. The Morgan fingerprint density at radius 2 is 1.50 bits per heavy atom. The van der Waals surface area contributed by atoms with E-state index in [9.17, 15) is 4.79 Å². The number of ketones is 1. The lowest BCUT2D eigenvalue weighted by Crippen LogP contribution is -1.76. The third-order valence-corrected chi connectivity index (χ3v) is 0.401. The Labute approximate surface area is 66.1 Å². The van der Waals surface area contributed by atoms with Gasteiger partial charge >= 0.3 is 0 Å². The third-order valence-electron chi connectivity index (χ3n) is 0.401. The second-order valence-corrected chi connectivity index (χ2v) is 1.11. The fourth-order valence-corrected chi connectivity index (χ4v) is 0.235. The van der Waals surface area contributed by atoms with E-state index in [1.54, 1.807) is 6.08 Å². The maximum Gasteiger partial charge on any atom is 0.152 e. The van der Waals surface area contributed by atoms with Crippen molar-refractivity contribution >= 4 is 5.78 Å². The monoisotopic (exact) mass is 146 g/mol. The van der Waals surface area contributed by atoms with E-state index in [2.05, 4.69) is 0 Å². The van der Waals surface area contributed by atoms with Crippen molar-refractivity contribution in [3.63, 3.8) is 0 Å². The summed E-state index contributed by atoms with van der Waals surface area (Å²) in [5.74, 6) is 0.109. The number of rotatable bonds is 1. The first-order valence-corrected chi connectivity index (χ1v) is 2.90. The van der Waals surface area contributed by atoms with Crippen LogP contribution in [-0.2, 0) is 4.79 Å². The van der Waals surface area contributed by atoms with Crippen LogP contribution >= 0.6 is 0 Å². The summed E-state index contributed by atoms with van der Waals surface area (Å²) in [5, 5.41) is 0. The Bertz CT molecular complexity index is 72.8. The van der Waals surface area contributed by atoms with E-state index in [1.807, 2.05) is 20.8 Å². The van der Waals surface area contributed by atoms with Crippen molar-refractivity contribution in [2.24, 2.45) is 0 Å². The molecule has 10 heavy (non-hydrogen) atoms. The summed E-state index contributed by atoms with van der Waals surface area (Å²) in [7, 11) is 0. The first kappa shape index (κ1) is 22.7. The molecule has 0 saturated carbocycles. The summed E-state index contributed by atoms with van der Waals surface area (Å²) in [6, 6.07) is 0. The Morgan fingerprint density at radius 3 is 1.50 bits per heavy atom. The zero-order chi connectivity index (χ0) is 6.99. The molecule has 0 aromatic carbocycles. The molecule has 0 bridgehead atoms. The van der Waals surface area contributed by atoms with Crippen molar-refractivity contribution in [2.45, 2.75) is 42.5 Å². The summed E-state index contributed by atoms with van der Waals surface area (Å²) in [4.78, 5) is 9.96. The SMILES string of the molecule is C.C.C/C=C/C(C)=O.CC. The van der Waals surface area contributed by atoms with Gasteiger partial charge in [-0.25, -0.2) is 0 Å². The topological polar surface area (TPSA) is 17.1 Å². The van der Waals surface area contributed by atoms with E-state index in [0.29, 0.717) is 0 Å². The number of hydrogen-bond donors (Lipinski definition) is 0. The van der Waals surface area contributed by atoms with Crippen molar-refractivity contribution < 1.29 is 4.79 Å². The molecule has 0 heterocycles. The van der Waals surface area contributed by atoms with Crippen LogP contribution in [0.1, 0.15) is 42.5 Å². The molecule has 0 aliphatic heterocycles. The minimum absolute atomic E-state index is 0. The van der Waals surface area contributed by atoms with Crippen LogP contribution in [0.15, 0.2) is 12.2 Å². The summed E-state index contributed by atoms with van der Waals surface area (Å²) in [6.07, 6.45) is 3.25. The smallest absolute Gasteiger partial charge is 0.152 e. The molecular weight excluding hydrogens is 124 g/mol. The van der Waals surface area contributed by atoms with Crippen molar-refractivity contribution in [1.82, 2.24) is 0 Å². The molecule has 0 aromatic rings. The molecule has 1 nitrogen and oxygen atoms in total. The van der Waals surface area contributed by atoms with Crippen LogP contribution < -0.4 is 0 Å². The van der Waals surface area contributed by atoms with Gasteiger partial charge < -0.3 is 0 Å². The Hall–Kier alpha value is -0.590. The average molecular weight is 146 g/mol. The first-order chi connectivity index (χ1) is 3.77. The Morgan fingerprint density at radius 1 is 1.20 bits per heavy atom. The summed E-state index contributed by atoms with van der Waals surface area (Å²) < 4.78 is 0. The van der Waals surface area contributed by atoms with Crippen LogP contribution in [0.2, 0.25) is 0 Å². The van der Waals surface area contributed by atoms with E-state index in [-0.39, 0.29) is 20.6 Å². The molecule has 0 unspecified atom stereocenters. The fraction of sp³-hybridized carbons (Fsp3) is 0.667. The zero-order valence-electron chi connectivity index (χ0n) is 6.06. The quantitative estimate of drug-likeness (QED) is 0.518. The summed E-state index contributed by atoms with van der Waals surface area (Å²) in [5.41, 5.74) is 0. The second-order valence-electron chi connectivity index (χ2n) is 1.11. The highest BCUT2D eigenvalue weighted by atomic mass is 16.1. The molecule has 0 aromatic heterocycles. The molecule has 0 amide bonds. The predicted octanol–water partition coefficient (Wildman–Crippen LogP) is 3.45. The van der Waals surface area contributed by atoms with E-state index in [1.165, 1.54) is 13.0 Å². The predicted molar refractivity (Wildman–Crippen MR) is 50.3 cm³/mol. The lowest BCUT2D eigenvalue weighted by molar-refractivity contribution is -0.112. The van der Waals surface area contributed by atoms with Crippen molar-refractivity contribution in [2.75, 3.05) is 0 Å². The molecule has 0 aliphatic rings. The highest BCUT2D eigenvalue weighted by Crippen LogP contribution is 1.69. The zero-order valence-corrected chi connectivity index (χ0v) is 6.06. The standard InChI is InChI=1S/C5H8O.C2H6.2CH4/c1-3-4-5(2)6;1-2;;/h3-4H,1-2H3;1-2H3;2*1H4/b4-3+;;;. The van der Waals surface area contributed by atoms with Gasteiger partial charge in [-0.1, -0.05) is 34.8 Å². The van der Waals surface area contributed by atoms with E-state index in [0.717, 1.165) is 0 Å². The van der Waals surface area contributed by atoms with Gasteiger partial charge in [0.05, 0.1) is 0 Å². The van der Waals surface area contributed by atoms with Gasteiger partial charge in [-0.3, -0.25) is 4.79 Å². The van der Waals surface area contributed by atoms with Crippen molar-refractivity contribution in [3.05, 3.63) is 12.2 Å². The first-order valence-electron chi connectivity index (χ1n) is 2.90. The highest BCUT2D eigenvalue weighted by molar-refractivity contribution is 5.87. The number of carbonyl (C=O) groups is 1. The number of carbonyl (C=O) groups excluding carboxylic acids is 1. The largest absolute Gasteiger partial charge is 0.295 e. The van der Waals surface area contributed by atoms with E-state index < -0.39 is 0 Å². The van der Waals surface area contributed by atoms with E-state index in [4.69, 9.17) is 0 Å². The van der Waals surface area contributed by atoms with Gasteiger partial charge in [0.2, 0.25) is 0 Å². The molecule has 0 rings (SSSR count). The minimum atomic E-state index is 0. The number of hydrogen-bond acceptors (Lipinski definition) is 1. The van der Waals surface area contributed by atoms with Crippen LogP contribution in [0.25, 0.3) is 0 Å². The number of allylic oxidation sites excluding steroid dienone is 2. The van der Waals surface area contributed by atoms with Gasteiger partial charge in [-0.2, -0.15) is 0 Å². The van der Waals surface area contributed by atoms with Crippen LogP contribution in [0.5, 0.6) is 0 Å². The molecule has 0 radical (unpaired) electrons. The van der Waals surface area contributed by atoms with Crippen molar-refractivity contribution in [3.8, 4) is 0 Å².